The normalized spacial score (nSPS) is 17.2. The van der Waals surface area contributed by atoms with Gasteiger partial charge in [-0.25, -0.2) is 9.80 Å². The van der Waals surface area contributed by atoms with Crippen LogP contribution in [0.15, 0.2) is 0 Å². The number of aliphatic carboxylic acids is 1. The molecule has 0 aromatic rings. The molecule has 110 valence electrons. The Hall–Kier alpha value is -1.38. The largest absolute Gasteiger partial charge is 0.480 e. The molecule has 1 aliphatic heterocycles. The van der Waals surface area contributed by atoms with E-state index in [9.17, 15) is 9.59 Å². The van der Waals surface area contributed by atoms with Crippen LogP contribution in [0.5, 0.6) is 0 Å². The van der Waals surface area contributed by atoms with Gasteiger partial charge in [0.2, 0.25) is 0 Å². The minimum absolute atomic E-state index is 0.252. The topological polar surface area (TPSA) is 85.3 Å². The first-order chi connectivity index (χ1) is 9.02. The number of methoxy groups -OCH3 is 1. The molecule has 2 N–H and O–H groups in total. The van der Waals surface area contributed by atoms with E-state index in [0.717, 1.165) is 26.2 Å². The van der Waals surface area contributed by atoms with Crippen LogP contribution in [-0.4, -0.2) is 91.9 Å². The molecule has 1 fully saturated rings. The first-order valence-corrected chi connectivity index (χ1v) is 6.22. The van der Waals surface area contributed by atoms with Crippen molar-refractivity contribution in [1.29, 1.82) is 0 Å². The van der Waals surface area contributed by atoms with E-state index in [0.29, 0.717) is 6.61 Å². The van der Waals surface area contributed by atoms with Gasteiger partial charge in [-0.05, 0) is 7.05 Å². The zero-order valence-corrected chi connectivity index (χ0v) is 11.5. The van der Waals surface area contributed by atoms with Crippen LogP contribution in [-0.2, 0) is 9.53 Å². The highest BCUT2D eigenvalue weighted by Crippen LogP contribution is 1.98. The molecule has 0 radical (unpaired) electrons. The van der Waals surface area contributed by atoms with Crippen LogP contribution >= 0.6 is 0 Å². The Morgan fingerprint density at radius 2 is 1.95 bits per heavy atom. The quantitative estimate of drug-likeness (QED) is 0.639. The maximum atomic E-state index is 12.0. The molecule has 1 saturated heterocycles. The summed E-state index contributed by atoms with van der Waals surface area (Å²) in [6.45, 7) is 3.43. The second-order valence-corrected chi connectivity index (χ2v) is 4.52. The fourth-order valence-electron chi connectivity index (χ4n) is 1.74. The molecular weight excluding hydrogens is 252 g/mol. The Morgan fingerprint density at radius 1 is 1.32 bits per heavy atom. The van der Waals surface area contributed by atoms with Crippen molar-refractivity contribution in [3.05, 3.63) is 0 Å². The Balaban J connectivity index is 2.43. The molecule has 2 amide bonds. The summed E-state index contributed by atoms with van der Waals surface area (Å²) < 4.78 is 4.87. The number of rotatable bonds is 6. The van der Waals surface area contributed by atoms with Crippen LogP contribution in [0.2, 0.25) is 0 Å². The number of hydrogen-bond acceptors (Lipinski definition) is 5. The Bertz CT molecular complexity index is 305. The van der Waals surface area contributed by atoms with Gasteiger partial charge in [-0.3, -0.25) is 10.2 Å². The van der Waals surface area contributed by atoms with Crippen molar-refractivity contribution in [3.8, 4) is 0 Å². The molecule has 19 heavy (non-hydrogen) atoms. The highest BCUT2D eigenvalue weighted by atomic mass is 16.5. The van der Waals surface area contributed by atoms with E-state index >= 15 is 0 Å². The van der Waals surface area contributed by atoms with Gasteiger partial charge in [-0.15, -0.1) is 0 Å². The molecule has 1 aliphatic rings. The molecule has 0 saturated carbocycles. The summed E-state index contributed by atoms with van der Waals surface area (Å²) in [4.78, 5) is 26.1. The lowest BCUT2D eigenvalue weighted by Crippen LogP contribution is -2.56. The molecular formula is C11H22N4O4. The van der Waals surface area contributed by atoms with E-state index in [1.165, 1.54) is 12.0 Å². The van der Waals surface area contributed by atoms with E-state index in [1.54, 1.807) is 0 Å². The number of hydrogen-bond donors (Lipinski definition) is 2. The molecule has 0 aromatic carbocycles. The van der Waals surface area contributed by atoms with Crippen LogP contribution in [0.4, 0.5) is 4.79 Å². The SMILES string of the molecule is COCCN(CC(=O)O)C(=O)NN1CCN(C)CC1. The van der Waals surface area contributed by atoms with Crippen LogP contribution in [0.25, 0.3) is 0 Å². The molecule has 0 bridgehead atoms. The lowest BCUT2D eigenvalue weighted by atomic mass is 10.4. The smallest absolute Gasteiger partial charge is 0.332 e. The third-order valence-electron chi connectivity index (χ3n) is 2.94. The second-order valence-electron chi connectivity index (χ2n) is 4.52. The van der Waals surface area contributed by atoms with Crippen molar-refractivity contribution < 1.29 is 19.4 Å². The number of carbonyl (C=O) groups is 2. The summed E-state index contributed by atoms with van der Waals surface area (Å²) in [5.74, 6) is -1.04. The van der Waals surface area contributed by atoms with Crippen molar-refractivity contribution in [2.45, 2.75) is 0 Å². The fraction of sp³-hybridized carbons (Fsp3) is 0.818. The molecule has 1 rings (SSSR count). The van der Waals surface area contributed by atoms with E-state index < -0.39 is 12.0 Å². The highest BCUT2D eigenvalue weighted by molar-refractivity contribution is 5.79. The number of amides is 2. The van der Waals surface area contributed by atoms with Gasteiger partial charge in [0, 0.05) is 39.8 Å². The summed E-state index contributed by atoms with van der Waals surface area (Å²) in [6.07, 6.45) is 0. The highest BCUT2D eigenvalue weighted by Gasteiger charge is 2.20. The van der Waals surface area contributed by atoms with Crippen molar-refractivity contribution >= 4 is 12.0 Å². The summed E-state index contributed by atoms with van der Waals surface area (Å²) >= 11 is 0. The second kappa shape index (κ2) is 7.93. The minimum atomic E-state index is -1.04. The number of nitrogens with zero attached hydrogens (tertiary/aromatic N) is 3. The number of likely N-dealkylation sites (N-methyl/N-ethyl adjacent to an activating group) is 1. The summed E-state index contributed by atoms with van der Waals surface area (Å²) in [7, 11) is 3.53. The number of ether oxygens (including phenoxy) is 1. The predicted molar refractivity (Wildman–Crippen MR) is 68.7 cm³/mol. The van der Waals surface area contributed by atoms with Gasteiger partial charge in [-0.2, -0.15) is 0 Å². The van der Waals surface area contributed by atoms with Gasteiger partial charge in [0.25, 0.3) is 0 Å². The van der Waals surface area contributed by atoms with Gasteiger partial charge in [0.1, 0.15) is 6.54 Å². The summed E-state index contributed by atoms with van der Waals surface area (Å²) in [6, 6.07) is -0.399. The zero-order valence-electron chi connectivity index (χ0n) is 11.5. The van der Waals surface area contributed by atoms with Gasteiger partial charge < -0.3 is 19.6 Å². The number of carboxylic acids is 1. The lowest BCUT2D eigenvalue weighted by molar-refractivity contribution is -0.137. The van der Waals surface area contributed by atoms with E-state index in [1.807, 2.05) is 12.1 Å². The first-order valence-electron chi connectivity index (χ1n) is 6.22. The Morgan fingerprint density at radius 3 is 2.47 bits per heavy atom. The van der Waals surface area contributed by atoms with Crippen LogP contribution in [0.3, 0.4) is 0 Å². The molecule has 0 unspecified atom stereocenters. The predicted octanol–water partition coefficient (Wildman–Crippen LogP) is -1.11. The number of carbonyl (C=O) groups excluding carboxylic acids is 1. The van der Waals surface area contributed by atoms with Crippen LogP contribution in [0, 0.1) is 0 Å². The number of piperazine rings is 1. The van der Waals surface area contributed by atoms with Crippen LogP contribution < -0.4 is 5.43 Å². The van der Waals surface area contributed by atoms with Gasteiger partial charge in [0.15, 0.2) is 0 Å². The number of hydrazine groups is 1. The summed E-state index contributed by atoms with van der Waals surface area (Å²) in [5.41, 5.74) is 2.73. The first kappa shape index (κ1) is 15.7. The molecule has 0 atom stereocenters. The average molecular weight is 274 g/mol. The van der Waals surface area contributed by atoms with Crippen molar-refractivity contribution in [2.75, 3.05) is 60.0 Å². The average Bonchev–Trinajstić information content (AvgIpc) is 2.36. The third kappa shape index (κ3) is 5.86. The van der Waals surface area contributed by atoms with Crippen molar-refractivity contribution in [3.63, 3.8) is 0 Å². The third-order valence-corrected chi connectivity index (χ3v) is 2.94. The fourth-order valence-corrected chi connectivity index (χ4v) is 1.74. The Kier molecular flexibility index (Phi) is 6.54. The Labute approximate surface area is 112 Å². The number of carboxylic acid groups (broad SMARTS) is 1. The van der Waals surface area contributed by atoms with E-state index in [4.69, 9.17) is 9.84 Å². The molecule has 8 heteroatoms. The maximum absolute atomic E-state index is 12.0. The molecule has 0 aliphatic carbocycles. The summed E-state index contributed by atoms with van der Waals surface area (Å²) in [5, 5.41) is 10.6. The lowest BCUT2D eigenvalue weighted by Gasteiger charge is -2.33. The van der Waals surface area contributed by atoms with Crippen molar-refractivity contribution in [1.82, 2.24) is 20.2 Å². The number of nitrogens with one attached hydrogen (secondary N) is 1. The monoisotopic (exact) mass is 274 g/mol. The molecule has 1 heterocycles. The van der Waals surface area contributed by atoms with E-state index in [2.05, 4.69) is 10.3 Å². The molecule has 0 aromatic heterocycles. The molecule has 0 spiro atoms. The maximum Gasteiger partial charge on any atom is 0.332 e. The van der Waals surface area contributed by atoms with Gasteiger partial charge in [0.05, 0.1) is 6.61 Å². The number of urea groups is 1. The van der Waals surface area contributed by atoms with Gasteiger partial charge >= 0.3 is 12.0 Å². The van der Waals surface area contributed by atoms with Crippen LogP contribution in [0.1, 0.15) is 0 Å². The standard InChI is InChI=1S/C11H22N4O4/c1-13-3-5-15(6-4-13)12-11(18)14(7-8-19-2)9-10(16)17/h3-9H2,1-2H3,(H,12,18)(H,16,17). The molecule has 8 nitrogen and oxygen atoms in total. The van der Waals surface area contributed by atoms with E-state index in [-0.39, 0.29) is 13.1 Å². The zero-order chi connectivity index (χ0) is 14.3. The van der Waals surface area contributed by atoms with Gasteiger partial charge in [-0.1, -0.05) is 0 Å². The minimum Gasteiger partial charge on any atom is -0.480 e. The van der Waals surface area contributed by atoms with Crippen molar-refractivity contribution in [2.24, 2.45) is 0 Å².